The second-order valence-electron chi connectivity index (χ2n) is 13.5. The van der Waals surface area contributed by atoms with Crippen LogP contribution < -0.4 is 14.8 Å². The minimum Gasteiger partial charge on any atom is -0.477 e. The number of aromatic nitrogens is 5. The highest BCUT2D eigenvalue weighted by atomic mass is 35.5. The fraction of sp³-hybridized carbons (Fsp3) is 0.429. The molecular formula is C35H38ClF3N8O3S. The number of nitrogens with zero attached hydrogens (tertiary/aromatic N) is 6. The van der Waals surface area contributed by atoms with Crippen molar-refractivity contribution in [1.82, 2.24) is 34.4 Å². The molecule has 4 aromatic heterocycles. The zero-order valence-corrected chi connectivity index (χ0v) is 29.6. The number of carbonyl (C=O) groups excluding carboxylic acids is 2. The van der Waals surface area contributed by atoms with Crippen molar-refractivity contribution in [2.24, 2.45) is 11.3 Å². The first-order chi connectivity index (χ1) is 24.4. The van der Waals surface area contributed by atoms with Crippen LogP contribution in [-0.4, -0.2) is 66.8 Å². The van der Waals surface area contributed by atoms with Crippen LogP contribution in [0.5, 0.6) is 5.88 Å². The highest BCUT2D eigenvalue weighted by molar-refractivity contribution is 7.97. The maximum absolute atomic E-state index is 13.2. The highest BCUT2D eigenvalue weighted by Gasteiger charge is 2.62. The lowest BCUT2D eigenvalue weighted by molar-refractivity contribution is -0.190. The first-order valence-electron chi connectivity index (χ1n) is 16.6. The Hall–Kier alpha value is -4.37. The molecule has 2 fully saturated rings. The third-order valence-electron chi connectivity index (χ3n) is 9.51. The molecule has 2 amide bonds. The summed E-state index contributed by atoms with van der Waals surface area (Å²) in [4.78, 5) is 40.0. The Morgan fingerprint density at radius 3 is 2.65 bits per heavy atom. The van der Waals surface area contributed by atoms with Crippen molar-refractivity contribution in [2.45, 2.75) is 75.2 Å². The fourth-order valence-electron chi connectivity index (χ4n) is 6.37. The molecule has 0 bridgehead atoms. The molecule has 0 radical (unpaired) electrons. The number of hydrogen-bond donors (Lipinski definition) is 2. The van der Waals surface area contributed by atoms with Crippen LogP contribution in [-0.2, 0) is 4.79 Å². The van der Waals surface area contributed by atoms with E-state index in [9.17, 15) is 22.8 Å². The summed E-state index contributed by atoms with van der Waals surface area (Å²) in [7, 11) is 0. The second kappa shape index (κ2) is 15.1. The van der Waals surface area contributed by atoms with Crippen molar-refractivity contribution in [3.63, 3.8) is 0 Å². The molecule has 11 nitrogen and oxygen atoms in total. The predicted molar refractivity (Wildman–Crippen MR) is 187 cm³/mol. The zero-order chi connectivity index (χ0) is 36.2. The minimum absolute atomic E-state index is 0.0621. The van der Waals surface area contributed by atoms with Gasteiger partial charge in [-0.3, -0.25) is 19.3 Å². The lowest BCUT2D eigenvalue weighted by Gasteiger charge is -2.27. The van der Waals surface area contributed by atoms with Crippen molar-refractivity contribution in [3.8, 4) is 11.7 Å². The molecule has 2 N–H and O–H groups in total. The lowest BCUT2D eigenvalue weighted by atomic mass is 9.91. The molecule has 2 unspecified atom stereocenters. The summed E-state index contributed by atoms with van der Waals surface area (Å²) in [5.41, 5.74) is -0.794. The van der Waals surface area contributed by atoms with Crippen molar-refractivity contribution in [2.75, 3.05) is 18.5 Å². The molecule has 2 aliphatic rings. The molecule has 1 aliphatic heterocycles. The number of rotatable bonds is 15. The number of pyridine rings is 3. The quantitative estimate of drug-likeness (QED) is 0.0726. The molecule has 4 aromatic rings. The maximum atomic E-state index is 13.2. The van der Waals surface area contributed by atoms with Crippen LogP contribution in [0.2, 0.25) is 5.15 Å². The van der Waals surface area contributed by atoms with Crippen LogP contribution in [0.4, 0.5) is 19.0 Å². The Balaban J connectivity index is 1.03. The van der Waals surface area contributed by atoms with Gasteiger partial charge in [0.15, 0.2) is 5.82 Å². The van der Waals surface area contributed by atoms with Crippen LogP contribution >= 0.6 is 23.5 Å². The van der Waals surface area contributed by atoms with Gasteiger partial charge in [-0.05, 0) is 94.7 Å². The third kappa shape index (κ3) is 8.75. The Morgan fingerprint density at radius 2 is 1.96 bits per heavy atom. The average molecular weight is 743 g/mol. The summed E-state index contributed by atoms with van der Waals surface area (Å²) in [5, 5.41) is 8.21. The van der Waals surface area contributed by atoms with Gasteiger partial charge >= 0.3 is 6.18 Å². The third-order valence-corrected chi connectivity index (χ3v) is 10.5. The summed E-state index contributed by atoms with van der Waals surface area (Å²) >= 11 is 7.41. The first-order valence-corrected chi connectivity index (χ1v) is 17.8. The standard InChI is InChI=1S/C35H38ClF3N8O3S/c1-33(2)20-23(21-46(33)22-48)9-11-26(25-6-3-4-17-40-25)41-27-7-5-8-30(42-27)51-45-32(49)24-10-12-28(43-31(24)36)47-18-13-29(44-47)50-19-16-34(14-15-34)35(37,38)39/h3-8,10,12-13,17-18,22-23,26H,9,11,14-16,19-21H2,1-2H3,(H,41,42)(H,45,49). The van der Waals surface area contributed by atoms with Gasteiger partial charge in [0.1, 0.15) is 16.0 Å². The Kier molecular flexibility index (Phi) is 10.8. The summed E-state index contributed by atoms with van der Waals surface area (Å²) in [6.07, 6.45) is 2.74. The molecule has 51 heavy (non-hydrogen) atoms. The maximum Gasteiger partial charge on any atom is 0.394 e. The number of carbonyl (C=O) groups is 2. The van der Waals surface area contributed by atoms with E-state index in [0.717, 1.165) is 49.9 Å². The van der Waals surface area contributed by atoms with Crippen molar-refractivity contribution in [3.05, 3.63) is 83.4 Å². The zero-order valence-electron chi connectivity index (χ0n) is 28.1. The number of nitrogens with one attached hydrogen (secondary N) is 2. The molecule has 16 heteroatoms. The van der Waals surface area contributed by atoms with Crippen LogP contribution in [0.1, 0.15) is 74.5 Å². The van der Waals surface area contributed by atoms with Gasteiger partial charge in [-0.25, -0.2) is 14.6 Å². The van der Waals surface area contributed by atoms with Gasteiger partial charge in [-0.1, -0.05) is 23.7 Å². The monoisotopic (exact) mass is 742 g/mol. The number of hydrogen-bond acceptors (Lipinski definition) is 9. The molecule has 6 rings (SSSR count). The van der Waals surface area contributed by atoms with E-state index in [4.69, 9.17) is 16.3 Å². The van der Waals surface area contributed by atoms with Gasteiger partial charge in [-0.15, -0.1) is 5.10 Å². The fourth-order valence-corrected chi connectivity index (χ4v) is 7.20. The van der Waals surface area contributed by atoms with Crippen LogP contribution in [0.3, 0.4) is 0 Å². The van der Waals surface area contributed by atoms with Crippen LogP contribution in [0.15, 0.2) is 72.0 Å². The van der Waals surface area contributed by atoms with E-state index in [-0.39, 0.29) is 54.0 Å². The smallest absolute Gasteiger partial charge is 0.394 e. The predicted octanol–water partition coefficient (Wildman–Crippen LogP) is 7.45. The van der Waals surface area contributed by atoms with E-state index in [1.165, 1.54) is 16.8 Å². The molecule has 1 aliphatic carbocycles. The van der Waals surface area contributed by atoms with E-state index in [1.807, 2.05) is 35.2 Å². The van der Waals surface area contributed by atoms with Gasteiger partial charge in [0.05, 0.1) is 29.3 Å². The molecule has 2 atom stereocenters. The van der Waals surface area contributed by atoms with E-state index < -0.39 is 17.5 Å². The van der Waals surface area contributed by atoms with Crippen molar-refractivity contribution < 1.29 is 27.5 Å². The number of likely N-dealkylation sites (tertiary alicyclic amines) is 1. The van der Waals surface area contributed by atoms with E-state index in [2.05, 4.69) is 43.9 Å². The molecule has 270 valence electrons. The second-order valence-corrected chi connectivity index (χ2v) is 14.7. The van der Waals surface area contributed by atoms with Gasteiger partial charge in [-0.2, -0.15) is 13.2 Å². The van der Waals surface area contributed by atoms with E-state index in [0.29, 0.717) is 22.6 Å². The number of halogens is 4. The topological polar surface area (TPSA) is 127 Å². The molecule has 1 saturated heterocycles. The number of ether oxygens (including phenoxy) is 1. The minimum atomic E-state index is -4.24. The van der Waals surface area contributed by atoms with Crippen molar-refractivity contribution >= 4 is 41.7 Å². The molecule has 0 spiro atoms. The summed E-state index contributed by atoms with van der Waals surface area (Å²) in [5.74, 6) is 0.967. The number of alkyl halides is 3. The van der Waals surface area contributed by atoms with Gasteiger partial charge in [0, 0.05) is 42.5 Å². The normalized spacial score (nSPS) is 18.2. The Labute approximate surface area is 302 Å². The summed E-state index contributed by atoms with van der Waals surface area (Å²) < 4.78 is 49.1. The highest BCUT2D eigenvalue weighted by Crippen LogP contribution is 2.59. The first kappa shape index (κ1) is 36.4. The number of anilines is 1. The average Bonchev–Trinajstić information content (AvgIpc) is 3.66. The largest absolute Gasteiger partial charge is 0.477 e. The van der Waals surface area contributed by atoms with Gasteiger partial charge in [0.2, 0.25) is 12.3 Å². The van der Waals surface area contributed by atoms with Crippen LogP contribution in [0, 0.1) is 11.3 Å². The molecule has 1 saturated carbocycles. The summed E-state index contributed by atoms with van der Waals surface area (Å²) in [6, 6.07) is 15.7. The number of amides is 2. The van der Waals surface area contributed by atoms with E-state index in [1.54, 1.807) is 24.5 Å². The lowest BCUT2D eigenvalue weighted by Crippen LogP contribution is -2.36. The summed E-state index contributed by atoms with van der Waals surface area (Å²) in [6.45, 7) is 4.81. The molecule has 0 aromatic carbocycles. The van der Waals surface area contributed by atoms with E-state index >= 15 is 0 Å². The van der Waals surface area contributed by atoms with Crippen LogP contribution in [0.25, 0.3) is 5.82 Å². The Bertz CT molecular complexity index is 1840. The molecule has 5 heterocycles. The van der Waals surface area contributed by atoms with Gasteiger partial charge < -0.3 is 15.0 Å². The van der Waals surface area contributed by atoms with Crippen molar-refractivity contribution in [1.29, 1.82) is 0 Å². The SMILES string of the molecule is CC1(C)CC(CCC(Nc2cccc(SNC(=O)c3ccc(-n4ccc(OCCC5(C(F)(F)F)CC5)n4)nc3Cl)n2)c2ccccn2)CN1C=O. The Morgan fingerprint density at radius 1 is 1.14 bits per heavy atom. The molecular weight excluding hydrogens is 705 g/mol. The van der Waals surface area contributed by atoms with Gasteiger partial charge in [0.25, 0.3) is 5.91 Å².